The first-order chi connectivity index (χ1) is 14.4. The number of aliphatic imine (C=N–C) groups is 1. The maximum Gasteiger partial charge on any atom is 0.242 e. The summed E-state index contributed by atoms with van der Waals surface area (Å²) in [4.78, 5) is 34.0. The van der Waals surface area contributed by atoms with E-state index in [1.54, 1.807) is 23.1 Å². The van der Waals surface area contributed by atoms with Gasteiger partial charge in [-0.15, -0.1) is 0 Å². The predicted molar refractivity (Wildman–Crippen MR) is 119 cm³/mol. The normalized spacial score (nSPS) is 21.2. The molecule has 2 aliphatic rings. The Kier molecular flexibility index (Phi) is 7.51. The number of amides is 2. The number of amidine groups is 1. The van der Waals surface area contributed by atoms with Crippen molar-refractivity contribution in [2.45, 2.75) is 43.9 Å². The second-order valence-electron chi connectivity index (χ2n) is 8.13. The molecule has 2 fully saturated rings. The molecular weight excluding hydrogens is 398 g/mol. The molecule has 2 amide bonds. The Morgan fingerprint density at radius 1 is 1.40 bits per heavy atom. The Morgan fingerprint density at radius 2 is 2.13 bits per heavy atom. The summed E-state index contributed by atoms with van der Waals surface area (Å²) in [5.41, 5.74) is 1.02. The monoisotopic (exact) mass is 427 g/mol. The van der Waals surface area contributed by atoms with Crippen LogP contribution < -0.4 is 5.32 Å². The molecule has 30 heavy (non-hydrogen) atoms. The third-order valence-electron chi connectivity index (χ3n) is 5.39. The topological polar surface area (TPSA) is 88.8 Å². The molecule has 160 valence electrons. The van der Waals surface area contributed by atoms with Crippen LogP contribution in [-0.4, -0.2) is 65.3 Å². The van der Waals surface area contributed by atoms with Crippen LogP contribution in [0.4, 0.5) is 5.69 Å². The number of thioether (sulfide) groups is 1. The predicted octanol–water partition coefficient (Wildman–Crippen LogP) is 2.75. The summed E-state index contributed by atoms with van der Waals surface area (Å²) in [5, 5.41) is 12.4. The lowest BCUT2D eigenvalue weighted by Crippen LogP contribution is -2.41. The van der Waals surface area contributed by atoms with Crippen LogP contribution in [0.1, 0.15) is 38.2 Å². The van der Waals surface area contributed by atoms with E-state index in [9.17, 15) is 14.9 Å². The third-order valence-corrected chi connectivity index (χ3v) is 6.55. The van der Waals surface area contributed by atoms with Crippen LogP contribution in [-0.2, 0) is 9.59 Å². The van der Waals surface area contributed by atoms with Crippen molar-refractivity contribution in [1.82, 2.24) is 15.1 Å². The van der Waals surface area contributed by atoms with Crippen molar-refractivity contribution in [3.05, 3.63) is 29.8 Å². The molecule has 1 heterocycles. The first-order valence-corrected chi connectivity index (χ1v) is 11.3. The van der Waals surface area contributed by atoms with Crippen LogP contribution in [0.2, 0.25) is 0 Å². The minimum atomic E-state index is -0.479. The van der Waals surface area contributed by atoms with Gasteiger partial charge in [0.05, 0.1) is 11.3 Å². The molecule has 0 bridgehead atoms. The number of rotatable bonds is 9. The van der Waals surface area contributed by atoms with Gasteiger partial charge in [0.1, 0.15) is 11.3 Å². The highest BCUT2D eigenvalue weighted by molar-refractivity contribution is 8.15. The fourth-order valence-corrected chi connectivity index (χ4v) is 4.71. The zero-order chi connectivity index (χ0) is 21.7. The number of nitrogens with zero attached hydrogens (tertiary/aromatic N) is 4. The lowest BCUT2D eigenvalue weighted by atomic mass is 10.1. The number of para-hydroxylation sites is 1. The average Bonchev–Trinajstić information content (AvgIpc) is 3.52. The summed E-state index contributed by atoms with van der Waals surface area (Å²) in [6.07, 6.45) is 3.22. The molecule has 1 saturated heterocycles. The smallest absolute Gasteiger partial charge is 0.242 e. The van der Waals surface area contributed by atoms with Crippen molar-refractivity contribution in [2.24, 2.45) is 10.9 Å². The van der Waals surface area contributed by atoms with E-state index >= 15 is 0 Å². The zero-order valence-electron chi connectivity index (χ0n) is 17.8. The molecule has 2 atom stereocenters. The summed E-state index contributed by atoms with van der Waals surface area (Å²) >= 11 is 1.33. The van der Waals surface area contributed by atoms with Gasteiger partial charge in [-0.05, 0) is 64.9 Å². The van der Waals surface area contributed by atoms with Crippen LogP contribution >= 0.6 is 11.8 Å². The first-order valence-electron chi connectivity index (χ1n) is 10.4. The molecule has 0 radical (unpaired) electrons. The van der Waals surface area contributed by atoms with Crippen LogP contribution in [0.3, 0.4) is 0 Å². The van der Waals surface area contributed by atoms with Crippen LogP contribution in [0.25, 0.3) is 0 Å². The Labute approximate surface area is 182 Å². The van der Waals surface area contributed by atoms with Crippen molar-refractivity contribution in [2.75, 3.05) is 27.2 Å². The summed E-state index contributed by atoms with van der Waals surface area (Å²) in [6.45, 7) is 3.55. The molecule has 1 aromatic carbocycles. The lowest BCUT2D eigenvalue weighted by Gasteiger charge is -2.24. The van der Waals surface area contributed by atoms with E-state index in [0.29, 0.717) is 28.9 Å². The number of benzene rings is 1. The second kappa shape index (κ2) is 10.1. The lowest BCUT2D eigenvalue weighted by molar-refractivity contribution is -0.130. The first kappa shape index (κ1) is 22.3. The number of carbonyl (C=O) groups excluding carboxylic acids is 2. The highest BCUT2D eigenvalue weighted by Crippen LogP contribution is 2.41. The molecule has 0 spiro atoms. The van der Waals surface area contributed by atoms with Crippen molar-refractivity contribution < 1.29 is 9.59 Å². The number of hydrogen-bond acceptors (Lipinski definition) is 6. The standard InChI is InChI=1S/C22H29N5O2S/c1-15(16-9-10-16)27-21(29)19(13-20(28)24-11-6-12-26(2)3)30-22(27)25-18-8-5-4-7-17(18)14-23/h4-5,7-8,15-16,19H,6,9-13H2,1-3H3,(H,24,28). The molecule has 0 aromatic heterocycles. The Hall–Kier alpha value is -2.37. The summed E-state index contributed by atoms with van der Waals surface area (Å²) in [7, 11) is 3.99. The van der Waals surface area contributed by atoms with Crippen LogP contribution in [0.15, 0.2) is 29.3 Å². The maximum atomic E-state index is 13.2. The summed E-state index contributed by atoms with van der Waals surface area (Å²) < 4.78 is 0. The van der Waals surface area contributed by atoms with Gasteiger partial charge < -0.3 is 10.2 Å². The highest BCUT2D eigenvalue weighted by atomic mass is 32.2. The van der Waals surface area contributed by atoms with Gasteiger partial charge in [-0.25, -0.2) is 4.99 Å². The number of nitriles is 1. The number of hydrogen-bond donors (Lipinski definition) is 1. The fourth-order valence-electron chi connectivity index (χ4n) is 3.49. The third kappa shape index (κ3) is 5.61. The van der Waals surface area contributed by atoms with E-state index in [2.05, 4.69) is 21.3 Å². The van der Waals surface area contributed by atoms with E-state index < -0.39 is 5.25 Å². The minimum Gasteiger partial charge on any atom is -0.356 e. The highest BCUT2D eigenvalue weighted by Gasteiger charge is 2.45. The van der Waals surface area contributed by atoms with Crippen molar-refractivity contribution in [3.8, 4) is 6.07 Å². The van der Waals surface area contributed by atoms with E-state index in [4.69, 9.17) is 0 Å². The number of nitrogens with one attached hydrogen (secondary N) is 1. The quantitative estimate of drug-likeness (QED) is 0.612. The van der Waals surface area contributed by atoms with Gasteiger partial charge in [0.25, 0.3) is 0 Å². The second-order valence-corrected chi connectivity index (χ2v) is 9.30. The molecular formula is C22H29N5O2S. The van der Waals surface area contributed by atoms with Crippen molar-refractivity contribution in [1.29, 1.82) is 5.26 Å². The van der Waals surface area contributed by atoms with Gasteiger partial charge in [-0.2, -0.15) is 5.26 Å². The summed E-state index contributed by atoms with van der Waals surface area (Å²) in [5.74, 6) is 0.304. The van der Waals surface area contributed by atoms with E-state index in [-0.39, 0.29) is 24.3 Å². The van der Waals surface area contributed by atoms with E-state index in [1.165, 1.54) is 11.8 Å². The van der Waals surface area contributed by atoms with Gasteiger partial charge in [0.2, 0.25) is 11.8 Å². The molecule has 3 rings (SSSR count). The summed E-state index contributed by atoms with van der Waals surface area (Å²) in [6, 6.07) is 9.32. The van der Waals surface area contributed by atoms with E-state index in [0.717, 1.165) is 25.8 Å². The van der Waals surface area contributed by atoms with Crippen LogP contribution in [0.5, 0.6) is 0 Å². The molecule has 2 unspecified atom stereocenters. The van der Waals surface area contributed by atoms with E-state index in [1.807, 2.05) is 27.1 Å². The molecule has 8 heteroatoms. The molecule has 1 N–H and O–H groups in total. The van der Waals surface area contributed by atoms with Crippen molar-refractivity contribution >= 4 is 34.4 Å². The Bertz CT molecular complexity index is 859. The number of carbonyl (C=O) groups is 2. The fraction of sp³-hybridized carbons (Fsp3) is 0.545. The molecule has 1 aliphatic carbocycles. The van der Waals surface area contributed by atoms with Gasteiger partial charge >= 0.3 is 0 Å². The molecule has 1 aliphatic heterocycles. The Morgan fingerprint density at radius 3 is 2.80 bits per heavy atom. The zero-order valence-corrected chi connectivity index (χ0v) is 18.6. The molecule has 1 saturated carbocycles. The maximum absolute atomic E-state index is 13.2. The molecule has 7 nitrogen and oxygen atoms in total. The van der Waals surface area contributed by atoms with Gasteiger partial charge in [-0.1, -0.05) is 23.9 Å². The SMILES string of the molecule is CC(C1CC1)N1C(=O)C(CC(=O)NCCCN(C)C)SC1=Nc1ccccc1C#N. The van der Waals surface area contributed by atoms with Crippen molar-refractivity contribution in [3.63, 3.8) is 0 Å². The minimum absolute atomic E-state index is 0.0474. The Balaban J connectivity index is 1.72. The van der Waals surface area contributed by atoms with Crippen LogP contribution in [0, 0.1) is 17.2 Å². The molecule has 1 aromatic rings. The van der Waals surface area contributed by atoms with Gasteiger partial charge in [-0.3, -0.25) is 14.5 Å². The largest absolute Gasteiger partial charge is 0.356 e. The average molecular weight is 428 g/mol. The van der Waals surface area contributed by atoms with Gasteiger partial charge in [0.15, 0.2) is 5.17 Å². The van der Waals surface area contributed by atoms with Gasteiger partial charge in [0, 0.05) is 19.0 Å².